The summed E-state index contributed by atoms with van der Waals surface area (Å²) in [7, 11) is 1.71. The second-order valence-corrected chi connectivity index (χ2v) is 7.28. The predicted molar refractivity (Wildman–Crippen MR) is 108 cm³/mol. The normalized spacial score (nSPS) is 17.8. The Morgan fingerprint density at radius 2 is 2.12 bits per heavy atom. The standard InChI is InChI=1S/C21H35N3O2/c1-4-6-9-17(5-2)14-22-21(25)23-15-18-12-13-24(16-18)19-10-7-8-11-20(19)26-3/h7-8,10-11,17-18H,4-6,9,12-16H2,1-3H3,(H2,22,23,25). The number of nitrogens with one attached hydrogen (secondary N) is 2. The molecule has 26 heavy (non-hydrogen) atoms. The quantitative estimate of drug-likeness (QED) is 0.661. The minimum atomic E-state index is -0.0318. The molecule has 0 radical (unpaired) electrons. The maximum atomic E-state index is 12.1. The number of methoxy groups -OCH3 is 1. The molecule has 2 atom stereocenters. The molecule has 1 aliphatic rings. The number of nitrogens with zero attached hydrogens (tertiary/aromatic N) is 1. The summed E-state index contributed by atoms with van der Waals surface area (Å²) in [6.45, 7) is 7.87. The van der Waals surface area contributed by atoms with Crippen LogP contribution in [-0.4, -0.2) is 39.3 Å². The van der Waals surface area contributed by atoms with E-state index in [1.165, 1.54) is 19.3 Å². The molecule has 2 rings (SSSR count). The van der Waals surface area contributed by atoms with Crippen molar-refractivity contribution < 1.29 is 9.53 Å². The molecule has 1 aliphatic heterocycles. The number of carbonyl (C=O) groups excluding carboxylic acids is 1. The zero-order valence-electron chi connectivity index (χ0n) is 16.6. The van der Waals surface area contributed by atoms with Crippen LogP contribution in [0.25, 0.3) is 0 Å². The summed E-state index contributed by atoms with van der Waals surface area (Å²) < 4.78 is 5.46. The van der Waals surface area contributed by atoms with E-state index in [1.54, 1.807) is 7.11 Å². The first-order chi connectivity index (χ1) is 12.7. The van der Waals surface area contributed by atoms with Crippen molar-refractivity contribution in [1.29, 1.82) is 0 Å². The van der Waals surface area contributed by atoms with Crippen LogP contribution in [0.3, 0.4) is 0 Å². The van der Waals surface area contributed by atoms with Gasteiger partial charge < -0.3 is 20.3 Å². The second-order valence-electron chi connectivity index (χ2n) is 7.28. The Kier molecular flexibility index (Phi) is 8.59. The van der Waals surface area contributed by atoms with E-state index < -0.39 is 0 Å². The third-order valence-corrected chi connectivity index (χ3v) is 5.36. The topological polar surface area (TPSA) is 53.6 Å². The van der Waals surface area contributed by atoms with Gasteiger partial charge in [0.2, 0.25) is 0 Å². The molecule has 0 aromatic heterocycles. The van der Waals surface area contributed by atoms with Crippen LogP contribution >= 0.6 is 0 Å². The van der Waals surface area contributed by atoms with Crippen molar-refractivity contribution >= 4 is 11.7 Å². The van der Waals surface area contributed by atoms with Crippen LogP contribution in [0.5, 0.6) is 5.75 Å². The molecule has 1 heterocycles. The Hall–Kier alpha value is -1.91. The van der Waals surface area contributed by atoms with Crippen LogP contribution in [0.1, 0.15) is 46.0 Å². The molecule has 0 aliphatic carbocycles. The summed E-state index contributed by atoms with van der Waals surface area (Å²) in [6, 6.07) is 8.10. The number of carbonyl (C=O) groups is 1. The highest BCUT2D eigenvalue weighted by atomic mass is 16.5. The molecule has 1 fully saturated rings. The maximum absolute atomic E-state index is 12.1. The van der Waals surface area contributed by atoms with Crippen LogP contribution in [0.15, 0.2) is 24.3 Å². The van der Waals surface area contributed by atoms with Gasteiger partial charge in [-0.15, -0.1) is 0 Å². The molecule has 146 valence electrons. The van der Waals surface area contributed by atoms with Crippen LogP contribution < -0.4 is 20.3 Å². The molecule has 2 unspecified atom stereocenters. The fraction of sp³-hybridized carbons (Fsp3) is 0.667. The lowest BCUT2D eigenvalue weighted by atomic mass is 9.99. The van der Waals surface area contributed by atoms with Crippen molar-refractivity contribution in [3.05, 3.63) is 24.3 Å². The van der Waals surface area contributed by atoms with Crippen molar-refractivity contribution in [2.24, 2.45) is 11.8 Å². The number of para-hydroxylation sites is 2. The Bertz CT molecular complexity index is 550. The third kappa shape index (κ3) is 6.11. The summed E-state index contributed by atoms with van der Waals surface area (Å²) in [6.07, 6.45) is 5.86. The van der Waals surface area contributed by atoms with Crippen LogP contribution in [-0.2, 0) is 0 Å². The monoisotopic (exact) mass is 361 g/mol. The van der Waals surface area contributed by atoms with E-state index in [4.69, 9.17) is 4.74 Å². The first-order valence-corrected chi connectivity index (χ1v) is 10.1. The average Bonchev–Trinajstić information content (AvgIpc) is 3.15. The highest BCUT2D eigenvalue weighted by Gasteiger charge is 2.24. The number of urea groups is 1. The highest BCUT2D eigenvalue weighted by Crippen LogP contribution is 2.31. The summed E-state index contributed by atoms with van der Waals surface area (Å²) in [5.74, 6) is 1.98. The largest absolute Gasteiger partial charge is 0.495 e. The zero-order valence-corrected chi connectivity index (χ0v) is 16.6. The molecule has 0 saturated carbocycles. The number of amides is 2. The van der Waals surface area contributed by atoms with E-state index in [2.05, 4.69) is 35.4 Å². The number of unbranched alkanes of at least 4 members (excludes halogenated alkanes) is 1. The Morgan fingerprint density at radius 1 is 1.31 bits per heavy atom. The first-order valence-electron chi connectivity index (χ1n) is 10.1. The number of ether oxygens (including phenoxy) is 1. The van der Waals surface area contributed by atoms with Gasteiger partial charge in [0.05, 0.1) is 12.8 Å². The molecular weight excluding hydrogens is 326 g/mol. The Labute approximate surface area is 158 Å². The lowest BCUT2D eigenvalue weighted by Crippen LogP contribution is -2.40. The van der Waals surface area contributed by atoms with Gasteiger partial charge in [0.25, 0.3) is 0 Å². The molecule has 5 nitrogen and oxygen atoms in total. The number of hydrogen-bond acceptors (Lipinski definition) is 3. The molecule has 0 spiro atoms. The van der Waals surface area contributed by atoms with Crippen LogP contribution in [0.2, 0.25) is 0 Å². The molecule has 0 bridgehead atoms. The third-order valence-electron chi connectivity index (χ3n) is 5.36. The summed E-state index contributed by atoms with van der Waals surface area (Å²) in [4.78, 5) is 14.4. The minimum absolute atomic E-state index is 0.0318. The van der Waals surface area contributed by atoms with E-state index in [-0.39, 0.29) is 6.03 Å². The van der Waals surface area contributed by atoms with Crippen LogP contribution in [0.4, 0.5) is 10.5 Å². The van der Waals surface area contributed by atoms with Gasteiger partial charge in [0.15, 0.2) is 0 Å². The molecule has 1 aromatic carbocycles. The van der Waals surface area contributed by atoms with Gasteiger partial charge in [0, 0.05) is 26.2 Å². The lowest BCUT2D eigenvalue weighted by Gasteiger charge is -2.21. The van der Waals surface area contributed by atoms with E-state index in [0.717, 1.165) is 50.5 Å². The fourth-order valence-electron chi connectivity index (χ4n) is 3.59. The SMILES string of the molecule is CCCCC(CC)CNC(=O)NCC1CCN(c2ccccc2OC)C1. The van der Waals surface area contributed by atoms with Gasteiger partial charge in [-0.2, -0.15) is 0 Å². The average molecular weight is 362 g/mol. The van der Waals surface area contributed by atoms with Crippen LogP contribution in [0, 0.1) is 11.8 Å². The van der Waals surface area contributed by atoms with Gasteiger partial charge in [-0.05, 0) is 36.8 Å². The zero-order chi connectivity index (χ0) is 18.8. The van der Waals surface area contributed by atoms with Gasteiger partial charge in [0.1, 0.15) is 5.75 Å². The van der Waals surface area contributed by atoms with Gasteiger partial charge in [-0.3, -0.25) is 0 Å². The predicted octanol–water partition coefficient (Wildman–Crippen LogP) is 4.04. The van der Waals surface area contributed by atoms with Crippen molar-refractivity contribution in [2.45, 2.75) is 46.0 Å². The van der Waals surface area contributed by atoms with Gasteiger partial charge in [-0.1, -0.05) is 45.2 Å². The van der Waals surface area contributed by atoms with Crippen molar-refractivity contribution in [3.8, 4) is 5.75 Å². The molecule has 1 saturated heterocycles. The van der Waals surface area contributed by atoms with Crippen molar-refractivity contribution in [3.63, 3.8) is 0 Å². The highest BCUT2D eigenvalue weighted by molar-refractivity contribution is 5.73. The Balaban J connectivity index is 1.71. The minimum Gasteiger partial charge on any atom is -0.495 e. The van der Waals surface area contributed by atoms with Gasteiger partial charge in [-0.25, -0.2) is 4.79 Å². The van der Waals surface area contributed by atoms with Gasteiger partial charge >= 0.3 is 6.03 Å². The fourth-order valence-corrected chi connectivity index (χ4v) is 3.59. The molecule has 2 amide bonds. The summed E-state index contributed by atoms with van der Waals surface area (Å²) in [5, 5.41) is 6.10. The number of hydrogen-bond donors (Lipinski definition) is 2. The van der Waals surface area contributed by atoms with E-state index >= 15 is 0 Å². The second kappa shape index (κ2) is 10.9. The first kappa shape index (κ1) is 20.4. The maximum Gasteiger partial charge on any atom is 0.314 e. The van der Waals surface area contributed by atoms with Crippen molar-refractivity contribution in [1.82, 2.24) is 10.6 Å². The van der Waals surface area contributed by atoms with E-state index in [9.17, 15) is 4.79 Å². The molecule has 5 heteroatoms. The summed E-state index contributed by atoms with van der Waals surface area (Å²) >= 11 is 0. The molecule has 1 aromatic rings. The summed E-state index contributed by atoms with van der Waals surface area (Å²) in [5.41, 5.74) is 1.14. The Morgan fingerprint density at radius 3 is 2.85 bits per heavy atom. The molecular formula is C21H35N3O2. The van der Waals surface area contributed by atoms with Crippen molar-refractivity contribution in [2.75, 3.05) is 38.2 Å². The van der Waals surface area contributed by atoms with E-state index in [1.807, 2.05) is 18.2 Å². The number of benzene rings is 1. The molecule has 2 N–H and O–H groups in total. The number of anilines is 1. The smallest absolute Gasteiger partial charge is 0.314 e. The lowest BCUT2D eigenvalue weighted by molar-refractivity contribution is 0.236. The number of rotatable bonds is 10. The van der Waals surface area contributed by atoms with E-state index in [0.29, 0.717) is 11.8 Å².